The monoisotopic (exact) mass is 346 g/mol. The molecule has 1 aliphatic heterocycles. The topological polar surface area (TPSA) is 78.6 Å². The SMILES string of the molecule is COc1cccn(CC(=O)N2CCCOC(Cn3cccn3)C2)c1=O. The number of rotatable bonds is 5. The Morgan fingerprint density at radius 3 is 3.04 bits per heavy atom. The van der Waals surface area contributed by atoms with E-state index in [1.54, 1.807) is 34.1 Å². The molecule has 1 aliphatic rings. The first kappa shape index (κ1) is 17.2. The Hall–Kier alpha value is -2.61. The largest absolute Gasteiger partial charge is 0.491 e. The third-order valence-corrected chi connectivity index (χ3v) is 4.16. The molecule has 2 aromatic rings. The predicted molar refractivity (Wildman–Crippen MR) is 90.4 cm³/mol. The lowest BCUT2D eigenvalue weighted by molar-refractivity contribution is -0.132. The number of hydrogen-bond donors (Lipinski definition) is 0. The van der Waals surface area contributed by atoms with Crippen molar-refractivity contribution >= 4 is 5.91 Å². The fourth-order valence-corrected chi connectivity index (χ4v) is 2.89. The summed E-state index contributed by atoms with van der Waals surface area (Å²) in [7, 11) is 1.44. The maximum Gasteiger partial charge on any atom is 0.293 e. The second kappa shape index (κ2) is 7.98. The molecular formula is C17H22N4O4. The van der Waals surface area contributed by atoms with E-state index in [0.29, 0.717) is 26.2 Å². The maximum atomic E-state index is 12.7. The van der Waals surface area contributed by atoms with Crippen LogP contribution in [0.2, 0.25) is 0 Å². The number of aromatic nitrogens is 3. The summed E-state index contributed by atoms with van der Waals surface area (Å²) < 4.78 is 14.0. The van der Waals surface area contributed by atoms with Gasteiger partial charge in [-0.3, -0.25) is 14.3 Å². The molecule has 2 aromatic heterocycles. The molecule has 0 saturated carbocycles. The summed E-state index contributed by atoms with van der Waals surface area (Å²) >= 11 is 0. The summed E-state index contributed by atoms with van der Waals surface area (Å²) in [5, 5.41) is 4.18. The van der Waals surface area contributed by atoms with E-state index in [1.165, 1.54) is 11.7 Å². The molecule has 1 atom stereocenters. The minimum Gasteiger partial charge on any atom is -0.491 e. The number of pyridine rings is 1. The molecule has 1 fully saturated rings. The number of ether oxygens (including phenoxy) is 2. The summed E-state index contributed by atoms with van der Waals surface area (Å²) in [5.41, 5.74) is -0.308. The second-order valence-electron chi connectivity index (χ2n) is 5.92. The molecule has 0 N–H and O–H groups in total. The van der Waals surface area contributed by atoms with Crippen LogP contribution < -0.4 is 10.3 Å². The number of nitrogens with zero attached hydrogens (tertiary/aromatic N) is 4. The average Bonchev–Trinajstić information content (AvgIpc) is 3.00. The Labute approximate surface area is 145 Å². The Kier molecular flexibility index (Phi) is 5.49. The molecule has 0 spiro atoms. The van der Waals surface area contributed by atoms with Crippen molar-refractivity contribution in [3.63, 3.8) is 0 Å². The molecule has 0 bridgehead atoms. The number of hydrogen-bond acceptors (Lipinski definition) is 5. The van der Waals surface area contributed by atoms with Crippen LogP contribution in [0.1, 0.15) is 6.42 Å². The lowest BCUT2D eigenvalue weighted by Crippen LogP contribution is -2.41. The van der Waals surface area contributed by atoms with Crippen molar-refractivity contribution in [2.45, 2.75) is 25.6 Å². The smallest absolute Gasteiger partial charge is 0.293 e. The van der Waals surface area contributed by atoms with Gasteiger partial charge in [0.2, 0.25) is 5.91 Å². The first-order valence-corrected chi connectivity index (χ1v) is 8.27. The van der Waals surface area contributed by atoms with Crippen molar-refractivity contribution in [3.8, 4) is 5.75 Å². The van der Waals surface area contributed by atoms with Crippen molar-refractivity contribution in [1.29, 1.82) is 0 Å². The number of methoxy groups -OCH3 is 1. The molecule has 1 saturated heterocycles. The van der Waals surface area contributed by atoms with Crippen LogP contribution in [0, 0.1) is 0 Å². The minimum atomic E-state index is -0.308. The highest BCUT2D eigenvalue weighted by Crippen LogP contribution is 2.09. The highest BCUT2D eigenvalue weighted by atomic mass is 16.5. The lowest BCUT2D eigenvalue weighted by atomic mass is 10.3. The lowest BCUT2D eigenvalue weighted by Gasteiger charge is -2.24. The molecule has 8 heteroatoms. The van der Waals surface area contributed by atoms with Gasteiger partial charge in [-0.05, 0) is 24.6 Å². The van der Waals surface area contributed by atoms with Crippen LogP contribution in [0.25, 0.3) is 0 Å². The summed E-state index contributed by atoms with van der Waals surface area (Å²) in [6.07, 6.45) is 5.84. The molecule has 3 rings (SSSR count). The molecule has 1 amide bonds. The molecule has 8 nitrogen and oxygen atoms in total. The maximum absolute atomic E-state index is 12.7. The summed E-state index contributed by atoms with van der Waals surface area (Å²) in [5.74, 6) is 0.123. The molecule has 3 heterocycles. The van der Waals surface area contributed by atoms with Crippen molar-refractivity contribution in [1.82, 2.24) is 19.2 Å². The van der Waals surface area contributed by atoms with Crippen molar-refractivity contribution in [2.75, 3.05) is 26.8 Å². The standard InChI is InChI=1S/C17H22N4O4/c1-24-15-5-2-7-20(17(15)23)13-16(22)19-8-4-10-25-14(11-19)12-21-9-3-6-18-21/h2-3,5-7,9,14H,4,8,10-13H2,1H3. The third kappa shape index (κ3) is 4.27. The van der Waals surface area contributed by atoms with Gasteiger partial charge in [-0.2, -0.15) is 5.10 Å². The zero-order valence-electron chi connectivity index (χ0n) is 14.2. The van der Waals surface area contributed by atoms with Crippen LogP contribution in [-0.4, -0.2) is 58.1 Å². The highest BCUT2D eigenvalue weighted by Gasteiger charge is 2.23. The molecular weight excluding hydrogens is 324 g/mol. The molecule has 134 valence electrons. The van der Waals surface area contributed by atoms with Crippen molar-refractivity contribution in [3.05, 3.63) is 47.1 Å². The van der Waals surface area contributed by atoms with Gasteiger partial charge >= 0.3 is 0 Å². The zero-order chi connectivity index (χ0) is 17.6. The van der Waals surface area contributed by atoms with E-state index >= 15 is 0 Å². The molecule has 1 unspecified atom stereocenters. The Balaban J connectivity index is 1.67. The van der Waals surface area contributed by atoms with Gasteiger partial charge in [-0.25, -0.2) is 0 Å². The highest BCUT2D eigenvalue weighted by molar-refractivity contribution is 5.76. The van der Waals surface area contributed by atoms with Gasteiger partial charge in [0.1, 0.15) is 6.54 Å². The van der Waals surface area contributed by atoms with Crippen LogP contribution in [0.15, 0.2) is 41.6 Å². The predicted octanol–water partition coefficient (Wildman–Crippen LogP) is 0.371. The first-order chi connectivity index (χ1) is 12.2. The molecule has 25 heavy (non-hydrogen) atoms. The van der Waals surface area contributed by atoms with Crippen LogP contribution in [-0.2, 0) is 22.6 Å². The van der Waals surface area contributed by atoms with Crippen LogP contribution in [0.4, 0.5) is 0 Å². The quantitative estimate of drug-likeness (QED) is 0.782. The normalized spacial score (nSPS) is 18.0. The van der Waals surface area contributed by atoms with Gasteiger partial charge in [-0.1, -0.05) is 0 Å². The van der Waals surface area contributed by atoms with E-state index in [0.717, 1.165) is 6.42 Å². The first-order valence-electron chi connectivity index (χ1n) is 8.27. The zero-order valence-corrected chi connectivity index (χ0v) is 14.2. The average molecular weight is 346 g/mol. The van der Waals surface area contributed by atoms with Gasteiger partial charge in [0, 0.05) is 38.3 Å². The summed E-state index contributed by atoms with van der Waals surface area (Å²) in [4.78, 5) is 26.6. The van der Waals surface area contributed by atoms with E-state index < -0.39 is 0 Å². The Bertz CT molecular complexity index is 756. The van der Waals surface area contributed by atoms with Gasteiger partial charge in [0.25, 0.3) is 5.56 Å². The Morgan fingerprint density at radius 1 is 1.40 bits per heavy atom. The molecule has 0 aliphatic carbocycles. The van der Waals surface area contributed by atoms with Crippen molar-refractivity contribution < 1.29 is 14.3 Å². The van der Waals surface area contributed by atoms with E-state index in [2.05, 4.69) is 5.10 Å². The van der Waals surface area contributed by atoms with E-state index in [-0.39, 0.29) is 29.9 Å². The number of carbonyl (C=O) groups excluding carboxylic acids is 1. The van der Waals surface area contributed by atoms with Gasteiger partial charge in [-0.15, -0.1) is 0 Å². The summed E-state index contributed by atoms with van der Waals surface area (Å²) in [6, 6.07) is 5.14. The van der Waals surface area contributed by atoms with E-state index in [9.17, 15) is 9.59 Å². The van der Waals surface area contributed by atoms with Gasteiger partial charge < -0.3 is 18.9 Å². The fourth-order valence-electron chi connectivity index (χ4n) is 2.89. The van der Waals surface area contributed by atoms with E-state index in [4.69, 9.17) is 9.47 Å². The fraction of sp³-hybridized carbons (Fsp3) is 0.471. The Morgan fingerprint density at radius 2 is 2.28 bits per heavy atom. The van der Waals surface area contributed by atoms with Gasteiger partial charge in [0.05, 0.1) is 19.8 Å². The van der Waals surface area contributed by atoms with Crippen molar-refractivity contribution in [2.24, 2.45) is 0 Å². The van der Waals surface area contributed by atoms with Crippen LogP contribution in [0.5, 0.6) is 5.75 Å². The number of carbonyl (C=O) groups is 1. The van der Waals surface area contributed by atoms with Crippen LogP contribution in [0.3, 0.4) is 0 Å². The molecule has 0 radical (unpaired) electrons. The van der Waals surface area contributed by atoms with Gasteiger partial charge in [0.15, 0.2) is 5.75 Å². The summed E-state index contributed by atoms with van der Waals surface area (Å²) in [6.45, 7) is 2.29. The third-order valence-electron chi connectivity index (χ3n) is 4.16. The van der Waals surface area contributed by atoms with E-state index in [1.807, 2.05) is 12.3 Å². The second-order valence-corrected chi connectivity index (χ2v) is 5.92. The van der Waals surface area contributed by atoms with Crippen LogP contribution >= 0.6 is 0 Å². The molecule has 0 aromatic carbocycles. The minimum absolute atomic E-state index is 0.00940. The number of amides is 1.